The second-order valence-electron chi connectivity index (χ2n) is 7.42. The smallest absolute Gasteiger partial charge is 0.262 e. The van der Waals surface area contributed by atoms with Gasteiger partial charge in [-0.25, -0.2) is 0 Å². The van der Waals surface area contributed by atoms with Gasteiger partial charge < -0.3 is 20.7 Å². The lowest BCUT2D eigenvalue weighted by Crippen LogP contribution is -2.26. The van der Waals surface area contributed by atoms with Gasteiger partial charge in [0, 0.05) is 18.7 Å². The van der Waals surface area contributed by atoms with Gasteiger partial charge in [0.1, 0.15) is 5.75 Å². The molecule has 1 aliphatic rings. The number of aryl methyl sites for hydroxylation is 1. The first kappa shape index (κ1) is 21.1. The van der Waals surface area contributed by atoms with Gasteiger partial charge in [-0.1, -0.05) is 42.5 Å². The number of para-hydroxylation sites is 1. The number of hydrogen-bond acceptors (Lipinski definition) is 4. The molecule has 7 heteroatoms. The van der Waals surface area contributed by atoms with Gasteiger partial charge in [0.15, 0.2) is 6.61 Å². The number of carbonyl (C=O) groups is 3. The zero-order chi connectivity index (χ0) is 22.3. The van der Waals surface area contributed by atoms with Crippen LogP contribution in [0.4, 0.5) is 11.4 Å². The zero-order valence-electron chi connectivity index (χ0n) is 17.4. The third-order valence-corrected chi connectivity index (χ3v) is 5.08. The largest absolute Gasteiger partial charge is 0.484 e. The van der Waals surface area contributed by atoms with Gasteiger partial charge in [0.2, 0.25) is 5.91 Å². The maximum atomic E-state index is 12.6. The lowest BCUT2D eigenvalue weighted by molar-refractivity contribution is -0.118. The molecule has 0 radical (unpaired) electrons. The number of benzene rings is 3. The summed E-state index contributed by atoms with van der Waals surface area (Å²) in [7, 11) is 0. The van der Waals surface area contributed by atoms with Gasteiger partial charge >= 0.3 is 0 Å². The Hall–Kier alpha value is -4.13. The van der Waals surface area contributed by atoms with Crippen molar-refractivity contribution < 1.29 is 19.1 Å². The van der Waals surface area contributed by atoms with Gasteiger partial charge in [0.25, 0.3) is 11.8 Å². The van der Waals surface area contributed by atoms with Crippen molar-refractivity contribution in [2.75, 3.05) is 17.2 Å². The third-order valence-electron chi connectivity index (χ3n) is 5.08. The number of rotatable bonds is 7. The lowest BCUT2D eigenvalue weighted by Gasteiger charge is -2.17. The Bertz CT molecular complexity index is 1140. The quantitative estimate of drug-likeness (QED) is 0.535. The average Bonchev–Trinajstić information content (AvgIpc) is 2.82. The Labute approximate surface area is 185 Å². The van der Waals surface area contributed by atoms with Crippen LogP contribution in [-0.4, -0.2) is 24.3 Å². The SMILES string of the molecule is O=C1CCc2cc(OCC(=O)Nc3ccccc3C(=O)NCc3ccccc3)ccc2N1. The van der Waals surface area contributed by atoms with Crippen LogP contribution in [0.5, 0.6) is 5.75 Å². The van der Waals surface area contributed by atoms with Gasteiger partial charge in [-0.3, -0.25) is 14.4 Å². The van der Waals surface area contributed by atoms with E-state index in [1.807, 2.05) is 36.4 Å². The first-order chi connectivity index (χ1) is 15.6. The molecule has 1 aliphatic heterocycles. The molecule has 32 heavy (non-hydrogen) atoms. The van der Waals surface area contributed by atoms with Crippen LogP contribution in [0.25, 0.3) is 0 Å². The second kappa shape index (κ2) is 9.78. The average molecular weight is 429 g/mol. The van der Waals surface area contributed by atoms with Crippen molar-refractivity contribution in [2.45, 2.75) is 19.4 Å². The summed E-state index contributed by atoms with van der Waals surface area (Å²) in [6.07, 6.45) is 1.07. The summed E-state index contributed by atoms with van der Waals surface area (Å²) in [5.41, 5.74) is 3.53. The van der Waals surface area contributed by atoms with Crippen LogP contribution in [0.1, 0.15) is 27.9 Å². The van der Waals surface area contributed by atoms with Crippen LogP contribution in [0.3, 0.4) is 0 Å². The van der Waals surface area contributed by atoms with Crippen LogP contribution < -0.4 is 20.7 Å². The van der Waals surface area contributed by atoms with E-state index in [4.69, 9.17) is 4.74 Å². The van der Waals surface area contributed by atoms with Gasteiger partial charge in [-0.05, 0) is 47.9 Å². The number of ether oxygens (including phenoxy) is 1. The fourth-order valence-electron chi connectivity index (χ4n) is 3.45. The molecule has 3 aromatic carbocycles. The molecule has 0 saturated carbocycles. The molecule has 4 rings (SSSR count). The standard InChI is InChI=1S/C25H23N3O4/c29-23-13-10-18-14-19(11-12-21(18)27-23)32-16-24(30)28-22-9-5-4-8-20(22)25(31)26-15-17-6-2-1-3-7-17/h1-9,11-12,14H,10,13,15-16H2,(H,26,31)(H,27,29)(H,28,30). The van der Waals surface area contributed by atoms with E-state index in [2.05, 4.69) is 16.0 Å². The highest BCUT2D eigenvalue weighted by Crippen LogP contribution is 2.26. The molecule has 3 N–H and O–H groups in total. The molecular formula is C25H23N3O4. The van der Waals surface area contributed by atoms with E-state index < -0.39 is 0 Å². The molecule has 0 unspecified atom stereocenters. The van der Waals surface area contributed by atoms with Crippen molar-refractivity contribution in [3.8, 4) is 5.75 Å². The lowest BCUT2D eigenvalue weighted by atomic mass is 10.0. The van der Waals surface area contributed by atoms with Gasteiger partial charge in [0.05, 0.1) is 11.3 Å². The Morgan fingerprint density at radius 1 is 0.938 bits per heavy atom. The first-order valence-electron chi connectivity index (χ1n) is 10.3. The van der Waals surface area contributed by atoms with E-state index in [9.17, 15) is 14.4 Å². The Kier molecular flexibility index (Phi) is 6.46. The highest BCUT2D eigenvalue weighted by Gasteiger charge is 2.16. The van der Waals surface area contributed by atoms with E-state index in [-0.39, 0.29) is 24.3 Å². The molecule has 0 aromatic heterocycles. The van der Waals surface area contributed by atoms with Crippen molar-refractivity contribution in [3.05, 3.63) is 89.5 Å². The number of hydrogen-bond donors (Lipinski definition) is 3. The summed E-state index contributed by atoms with van der Waals surface area (Å²) >= 11 is 0. The number of anilines is 2. The van der Waals surface area contributed by atoms with Gasteiger partial charge in [-0.2, -0.15) is 0 Å². The molecule has 3 aromatic rings. The monoisotopic (exact) mass is 429 g/mol. The summed E-state index contributed by atoms with van der Waals surface area (Å²) in [6, 6.07) is 21.7. The summed E-state index contributed by atoms with van der Waals surface area (Å²) in [4.78, 5) is 36.5. The molecule has 0 spiro atoms. The zero-order valence-corrected chi connectivity index (χ0v) is 17.4. The minimum atomic E-state index is -0.376. The topological polar surface area (TPSA) is 96.5 Å². The van der Waals surface area contributed by atoms with Crippen LogP contribution in [0, 0.1) is 0 Å². The maximum Gasteiger partial charge on any atom is 0.262 e. The van der Waals surface area contributed by atoms with Crippen LogP contribution >= 0.6 is 0 Å². The molecule has 7 nitrogen and oxygen atoms in total. The fraction of sp³-hybridized carbons (Fsp3) is 0.160. The predicted octanol–water partition coefficient (Wildman–Crippen LogP) is 3.52. The molecule has 0 bridgehead atoms. The number of amides is 3. The predicted molar refractivity (Wildman–Crippen MR) is 122 cm³/mol. The van der Waals surface area contributed by atoms with Crippen molar-refractivity contribution in [3.63, 3.8) is 0 Å². The highest BCUT2D eigenvalue weighted by atomic mass is 16.5. The normalized spacial score (nSPS) is 12.3. The molecule has 0 aliphatic carbocycles. The minimum Gasteiger partial charge on any atom is -0.484 e. The van der Waals surface area contributed by atoms with Crippen molar-refractivity contribution >= 4 is 29.1 Å². The maximum absolute atomic E-state index is 12.6. The van der Waals surface area contributed by atoms with E-state index in [0.29, 0.717) is 36.4 Å². The van der Waals surface area contributed by atoms with Gasteiger partial charge in [-0.15, -0.1) is 0 Å². The van der Waals surface area contributed by atoms with E-state index in [1.165, 1.54) is 0 Å². The molecule has 0 saturated heterocycles. The van der Waals surface area contributed by atoms with E-state index in [1.54, 1.807) is 36.4 Å². The summed E-state index contributed by atoms with van der Waals surface area (Å²) < 4.78 is 5.61. The highest BCUT2D eigenvalue weighted by molar-refractivity contribution is 6.04. The Morgan fingerprint density at radius 3 is 2.56 bits per heavy atom. The molecule has 1 heterocycles. The number of carbonyl (C=O) groups excluding carboxylic acids is 3. The molecule has 3 amide bonds. The second-order valence-corrected chi connectivity index (χ2v) is 7.42. The minimum absolute atomic E-state index is 0.00276. The van der Waals surface area contributed by atoms with Crippen molar-refractivity contribution in [1.82, 2.24) is 5.32 Å². The third kappa shape index (κ3) is 5.31. The van der Waals surface area contributed by atoms with Crippen LogP contribution in [0.2, 0.25) is 0 Å². The summed E-state index contributed by atoms with van der Waals surface area (Å²) in [6.45, 7) is 0.189. The summed E-state index contributed by atoms with van der Waals surface area (Å²) in [5, 5.41) is 8.42. The van der Waals surface area contributed by atoms with Crippen molar-refractivity contribution in [2.24, 2.45) is 0 Å². The molecular weight excluding hydrogens is 406 g/mol. The summed E-state index contributed by atoms with van der Waals surface area (Å²) in [5.74, 6) is -0.109. The van der Waals surface area contributed by atoms with E-state index in [0.717, 1.165) is 16.8 Å². The van der Waals surface area contributed by atoms with Crippen LogP contribution in [-0.2, 0) is 22.6 Å². The van der Waals surface area contributed by atoms with Crippen LogP contribution in [0.15, 0.2) is 72.8 Å². The first-order valence-corrected chi connectivity index (χ1v) is 10.3. The van der Waals surface area contributed by atoms with Crippen molar-refractivity contribution in [1.29, 1.82) is 0 Å². The van der Waals surface area contributed by atoms with E-state index >= 15 is 0 Å². The number of nitrogens with one attached hydrogen (secondary N) is 3. The molecule has 0 fully saturated rings. The molecule has 162 valence electrons. The Morgan fingerprint density at radius 2 is 1.72 bits per heavy atom. The Balaban J connectivity index is 1.34. The number of fused-ring (bicyclic) bond motifs is 1. The molecule has 0 atom stereocenters. The fourth-order valence-corrected chi connectivity index (χ4v) is 3.45.